The molecule has 94 valence electrons. The predicted octanol–water partition coefficient (Wildman–Crippen LogP) is 4.34. The molecule has 0 spiro atoms. The van der Waals surface area contributed by atoms with Gasteiger partial charge in [0.15, 0.2) is 0 Å². The van der Waals surface area contributed by atoms with E-state index in [1.165, 1.54) is 18.4 Å². The van der Waals surface area contributed by atoms with Gasteiger partial charge in [0.2, 0.25) is 5.95 Å². The van der Waals surface area contributed by atoms with Crippen molar-refractivity contribution < 1.29 is 0 Å². The fourth-order valence-electron chi connectivity index (χ4n) is 2.10. The minimum Gasteiger partial charge on any atom is -0.325 e. The van der Waals surface area contributed by atoms with Crippen LogP contribution in [0.5, 0.6) is 0 Å². The number of hydrogen-bond donors (Lipinski definition) is 1. The van der Waals surface area contributed by atoms with Crippen LogP contribution in [-0.4, -0.2) is 9.55 Å². The van der Waals surface area contributed by atoms with Crippen LogP contribution >= 0.6 is 15.9 Å². The van der Waals surface area contributed by atoms with Crippen molar-refractivity contribution in [1.29, 1.82) is 0 Å². The fraction of sp³-hybridized carbons (Fsp3) is 0.357. The van der Waals surface area contributed by atoms with Crippen molar-refractivity contribution in [2.75, 3.05) is 5.32 Å². The van der Waals surface area contributed by atoms with E-state index in [1.54, 1.807) is 0 Å². The molecule has 1 aromatic carbocycles. The first-order valence-electron chi connectivity index (χ1n) is 6.23. The summed E-state index contributed by atoms with van der Waals surface area (Å²) in [5.74, 6) is 0.946. The number of anilines is 2. The Morgan fingerprint density at radius 1 is 1.33 bits per heavy atom. The zero-order valence-electron chi connectivity index (χ0n) is 10.6. The minimum atomic E-state index is 0.636. The quantitative estimate of drug-likeness (QED) is 0.914. The smallest absolute Gasteiger partial charge is 0.207 e. The first kappa shape index (κ1) is 11.8. The maximum Gasteiger partial charge on any atom is 0.207 e. The third kappa shape index (κ3) is 2.17. The SMILES string of the molecule is Cc1cn(C2CC2)c(Nc2cccc(C)c2Br)n1. The van der Waals surface area contributed by atoms with E-state index in [2.05, 4.69) is 62.1 Å². The lowest BCUT2D eigenvalue weighted by molar-refractivity contribution is 0.750. The lowest BCUT2D eigenvalue weighted by Gasteiger charge is -2.11. The molecule has 0 aliphatic heterocycles. The van der Waals surface area contributed by atoms with E-state index in [0.29, 0.717) is 6.04 Å². The predicted molar refractivity (Wildman–Crippen MR) is 77.4 cm³/mol. The van der Waals surface area contributed by atoms with Crippen LogP contribution in [0.1, 0.15) is 30.1 Å². The highest BCUT2D eigenvalue weighted by Crippen LogP contribution is 2.38. The molecule has 1 saturated carbocycles. The van der Waals surface area contributed by atoms with Crippen LogP contribution in [-0.2, 0) is 0 Å². The molecule has 0 atom stereocenters. The van der Waals surface area contributed by atoms with Crippen LogP contribution in [0.15, 0.2) is 28.9 Å². The molecule has 0 saturated heterocycles. The molecular formula is C14H16BrN3. The third-order valence-electron chi connectivity index (χ3n) is 3.23. The molecule has 1 aliphatic carbocycles. The number of nitrogens with one attached hydrogen (secondary N) is 1. The molecular weight excluding hydrogens is 290 g/mol. The zero-order valence-corrected chi connectivity index (χ0v) is 12.2. The Morgan fingerprint density at radius 3 is 2.83 bits per heavy atom. The second-order valence-corrected chi connectivity index (χ2v) is 5.70. The van der Waals surface area contributed by atoms with Crippen LogP contribution < -0.4 is 5.32 Å². The zero-order chi connectivity index (χ0) is 12.7. The van der Waals surface area contributed by atoms with Gasteiger partial charge in [0.05, 0.1) is 11.4 Å². The van der Waals surface area contributed by atoms with E-state index >= 15 is 0 Å². The van der Waals surface area contributed by atoms with Gasteiger partial charge < -0.3 is 9.88 Å². The maximum atomic E-state index is 4.57. The van der Waals surface area contributed by atoms with Crippen LogP contribution in [0.2, 0.25) is 0 Å². The van der Waals surface area contributed by atoms with E-state index in [4.69, 9.17) is 0 Å². The molecule has 2 aromatic rings. The Morgan fingerprint density at radius 2 is 2.11 bits per heavy atom. The largest absolute Gasteiger partial charge is 0.325 e. The van der Waals surface area contributed by atoms with Crippen LogP contribution in [0.25, 0.3) is 0 Å². The molecule has 1 fully saturated rings. The van der Waals surface area contributed by atoms with Crippen molar-refractivity contribution in [3.63, 3.8) is 0 Å². The van der Waals surface area contributed by atoms with Gasteiger partial charge in [0, 0.05) is 16.7 Å². The minimum absolute atomic E-state index is 0.636. The first-order chi connectivity index (χ1) is 8.65. The molecule has 4 heteroatoms. The second kappa shape index (κ2) is 4.43. The summed E-state index contributed by atoms with van der Waals surface area (Å²) in [5.41, 5.74) is 3.36. The summed E-state index contributed by atoms with van der Waals surface area (Å²) in [7, 11) is 0. The molecule has 0 unspecified atom stereocenters. The standard InChI is InChI=1S/C14H16BrN3/c1-9-4-3-5-12(13(9)15)17-14-16-10(2)8-18(14)11-6-7-11/h3-5,8,11H,6-7H2,1-2H3,(H,16,17). The van der Waals surface area contributed by atoms with Gasteiger partial charge in [-0.25, -0.2) is 4.98 Å². The summed E-state index contributed by atoms with van der Waals surface area (Å²) in [4.78, 5) is 4.57. The average molecular weight is 306 g/mol. The van der Waals surface area contributed by atoms with Gasteiger partial charge in [0.1, 0.15) is 0 Å². The molecule has 3 rings (SSSR count). The number of nitrogens with zero attached hydrogens (tertiary/aromatic N) is 2. The van der Waals surface area contributed by atoms with E-state index in [1.807, 2.05) is 6.92 Å². The highest BCUT2D eigenvalue weighted by Gasteiger charge is 2.26. The summed E-state index contributed by atoms with van der Waals surface area (Å²) in [6, 6.07) is 6.85. The molecule has 0 amide bonds. The summed E-state index contributed by atoms with van der Waals surface area (Å²) >= 11 is 3.62. The van der Waals surface area contributed by atoms with Crippen LogP contribution in [0, 0.1) is 13.8 Å². The Labute approximate surface area is 115 Å². The Balaban J connectivity index is 1.94. The molecule has 1 heterocycles. The molecule has 3 nitrogen and oxygen atoms in total. The topological polar surface area (TPSA) is 29.9 Å². The van der Waals surface area contributed by atoms with E-state index in [-0.39, 0.29) is 0 Å². The van der Waals surface area contributed by atoms with Crippen molar-refractivity contribution >= 4 is 27.6 Å². The van der Waals surface area contributed by atoms with Gasteiger partial charge >= 0.3 is 0 Å². The number of rotatable bonds is 3. The molecule has 1 aromatic heterocycles. The highest BCUT2D eigenvalue weighted by molar-refractivity contribution is 9.10. The number of aryl methyl sites for hydroxylation is 2. The normalized spacial score (nSPS) is 14.8. The van der Waals surface area contributed by atoms with Gasteiger partial charge in [0.25, 0.3) is 0 Å². The Hall–Kier alpha value is -1.29. The van der Waals surface area contributed by atoms with Gasteiger partial charge in [-0.1, -0.05) is 12.1 Å². The number of halogens is 1. The highest BCUT2D eigenvalue weighted by atomic mass is 79.9. The van der Waals surface area contributed by atoms with Crippen molar-refractivity contribution in [2.24, 2.45) is 0 Å². The lowest BCUT2D eigenvalue weighted by Crippen LogP contribution is -2.02. The maximum absolute atomic E-state index is 4.57. The van der Waals surface area contributed by atoms with E-state index in [9.17, 15) is 0 Å². The number of aromatic nitrogens is 2. The van der Waals surface area contributed by atoms with E-state index in [0.717, 1.165) is 21.8 Å². The second-order valence-electron chi connectivity index (χ2n) is 4.91. The summed E-state index contributed by atoms with van der Waals surface area (Å²) in [6.07, 6.45) is 4.66. The molecule has 0 radical (unpaired) electrons. The Kier molecular flexibility index (Phi) is 2.90. The number of imidazole rings is 1. The Bertz CT molecular complexity index is 585. The van der Waals surface area contributed by atoms with Gasteiger partial charge in [-0.3, -0.25) is 0 Å². The van der Waals surface area contributed by atoms with Crippen molar-refractivity contribution in [2.45, 2.75) is 32.7 Å². The third-order valence-corrected chi connectivity index (χ3v) is 4.28. The van der Waals surface area contributed by atoms with Gasteiger partial charge in [-0.2, -0.15) is 0 Å². The molecule has 0 bridgehead atoms. The van der Waals surface area contributed by atoms with Crippen LogP contribution in [0.3, 0.4) is 0 Å². The van der Waals surface area contributed by atoms with Crippen molar-refractivity contribution in [3.05, 3.63) is 40.1 Å². The van der Waals surface area contributed by atoms with E-state index < -0.39 is 0 Å². The first-order valence-corrected chi connectivity index (χ1v) is 7.02. The lowest BCUT2D eigenvalue weighted by atomic mass is 10.2. The monoisotopic (exact) mass is 305 g/mol. The van der Waals surface area contributed by atoms with Crippen LogP contribution in [0.4, 0.5) is 11.6 Å². The van der Waals surface area contributed by atoms with Gasteiger partial charge in [-0.15, -0.1) is 0 Å². The van der Waals surface area contributed by atoms with Gasteiger partial charge in [-0.05, 0) is 54.2 Å². The summed E-state index contributed by atoms with van der Waals surface area (Å²) < 4.78 is 3.36. The van der Waals surface area contributed by atoms with Crippen molar-refractivity contribution in [3.8, 4) is 0 Å². The molecule has 1 aliphatic rings. The van der Waals surface area contributed by atoms with Crippen molar-refractivity contribution in [1.82, 2.24) is 9.55 Å². The average Bonchev–Trinajstić information content (AvgIpc) is 3.10. The molecule has 1 N–H and O–H groups in total. The summed E-state index contributed by atoms with van der Waals surface area (Å²) in [5, 5.41) is 3.43. The molecule has 18 heavy (non-hydrogen) atoms. The summed E-state index contributed by atoms with van der Waals surface area (Å²) in [6.45, 7) is 4.13. The number of benzene rings is 1. The number of hydrogen-bond acceptors (Lipinski definition) is 2. The fourth-order valence-corrected chi connectivity index (χ4v) is 2.47.